The van der Waals surface area contributed by atoms with E-state index in [9.17, 15) is 24.3 Å². The van der Waals surface area contributed by atoms with E-state index in [4.69, 9.17) is 29.4 Å². The van der Waals surface area contributed by atoms with Crippen molar-refractivity contribution in [2.45, 2.75) is 51.5 Å². The summed E-state index contributed by atoms with van der Waals surface area (Å²) in [6.45, 7) is 2.53. The SMILES string of the molecule is CC(=O)O[C@H]1O[C@H](CO)[C@@H](OC(N)=O)[C@H](OC(C)=O)[C@@H]1OC(C)=O. The molecule has 1 rings (SSSR count). The van der Waals surface area contributed by atoms with Crippen molar-refractivity contribution in [3.8, 4) is 0 Å². The number of primary amides is 1. The second-order valence-corrected chi connectivity index (χ2v) is 4.88. The highest BCUT2D eigenvalue weighted by Gasteiger charge is 2.53. The Morgan fingerprint density at radius 2 is 1.38 bits per heavy atom. The number of rotatable bonds is 5. The standard InChI is InChI=1S/C13H19NO10/c1-5(16)20-10-9(24-13(14)19)8(4-15)23-12(22-7(3)18)11(10)21-6(2)17/h8-12,15H,4H2,1-3H3,(H2,14,19)/t8-,9-,10+,11+,12+/m1/s1. The predicted molar refractivity (Wildman–Crippen MR) is 73.1 cm³/mol. The van der Waals surface area contributed by atoms with Gasteiger partial charge in [-0.3, -0.25) is 14.4 Å². The summed E-state index contributed by atoms with van der Waals surface area (Å²) in [5, 5.41) is 9.40. The topological polar surface area (TPSA) is 161 Å². The smallest absolute Gasteiger partial charge is 0.405 e. The van der Waals surface area contributed by atoms with Gasteiger partial charge in [0.1, 0.15) is 6.10 Å². The first-order valence-corrected chi connectivity index (χ1v) is 6.89. The lowest BCUT2D eigenvalue weighted by molar-refractivity contribution is -0.296. The average molecular weight is 349 g/mol. The van der Waals surface area contributed by atoms with E-state index >= 15 is 0 Å². The fraction of sp³-hybridized carbons (Fsp3) is 0.692. The van der Waals surface area contributed by atoms with Gasteiger partial charge in [-0.05, 0) is 0 Å². The van der Waals surface area contributed by atoms with Crippen LogP contribution in [0, 0.1) is 0 Å². The summed E-state index contributed by atoms with van der Waals surface area (Å²) in [4.78, 5) is 45.0. The summed E-state index contributed by atoms with van der Waals surface area (Å²) in [6.07, 6.45) is -8.17. The highest BCUT2D eigenvalue weighted by Crippen LogP contribution is 2.29. The minimum absolute atomic E-state index is 0.680. The van der Waals surface area contributed by atoms with E-state index in [1.807, 2.05) is 0 Å². The molecule has 1 aliphatic rings. The van der Waals surface area contributed by atoms with E-state index in [0.29, 0.717) is 0 Å². The first-order valence-electron chi connectivity index (χ1n) is 6.89. The van der Waals surface area contributed by atoms with Crippen LogP contribution in [0.15, 0.2) is 0 Å². The number of amides is 1. The molecule has 0 aromatic carbocycles. The van der Waals surface area contributed by atoms with Gasteiger partial charge in [0, 0.05) is 20.8 Å². The highest BCUT2D eigenvalue weighted by molar-refractivity contribution is 5.68. The molecule has 1 aliphatic heterocycles. The Labute approximate surface area is 136 Å². The largest absolute Gasteiger partial charge is 0.454 e. The molecule has 0 unspecified atom stereocenters. The molecule has 11 nitrogen and oxygen atoms in total. The Kier molecular flexibility index (Phi) is 6.92. The normalized spacial score (nSPS) is 29.2. The van der Waals surface area contributed by atoms with E-state index in [1.54, 1.807) is 0 Å². The number of hydrogen-bond acceptors (Lipinski definition) is 10. The van der Waals surface area contributed by atoms with Crippen LogP contribution < -0.4 is 5.73 Å². The van der Waals surface area contributed by atoms with Gasteiger partial charge in [0.2, 0.25) is 12.4 Å². The third-order valence-corrected chi connectivity index (χ3v) is 2.91. The molecule has 24 heavy (non-hydrogen) atoms. The number of carbonyl (C=O) groups is 4. The lowest BCUT2D eigenvalue weighted by Gasteiger charge is -2.43. The summed E-state index contributed by atoms with van der Waals surface area (Å²) in [5.74, 6) is -2.36. The van der Waals surface area contributed by atoms with E-state index in [0.717, 1.165) is 20.8 Å². The van der Waals surface area contributed by atoms with Crippen LogP contribution in [0.3, 0.4) is 0 Å². The van der Waals surface area contributed by atoms with Gasteiger partial charge in [-0.25, -0.2) is 4.79 Å². The van der Waals surface area contributed by atoms with Crippen molar-refractivity contribution in [2.75, 3.05) is 6.61 Å². The van der Waals surface area contributed by atoms with Crippen molar-refractivity contribution in [1.29, 1.82) is 0 Å². The fourth-order valence-corrected chi connectivity index (χ4v) is 2.20. The maximum atomic E-state index is 11.4. The summed E-state index contributed by atoms with van der Waals surface area (Å²) in [7, 11) is 0. The van der Waals surface area contributed by atoms with Crippen molar-refractivity contribution >= 4 is 24.0 Å². The lowest BCUT2D eigenvalue weighted by atomic mass is 9.98. The van der Waals surface area contributed by atoms with Gasteiger partial charge in [-0.2, -0.15) is 0 Å². The van der Waals surface area contributed by atoms with Gasteiger partial charge in [-0.1, -0.05) is 0 Å². The summed E-state index contributed by atoms with van der Waals surface area (Å²) < 4.78 is 25.0. The van der Waals surface area contributed by atoms with Crippen LogP contribution in [0.4, 0.5) is 4.79 Å². The highest BCUT2D eigenvalue weighted by atomic mass is 16.7. The second-order valence-electron chi connectivity index (χ2n) is 4.88. The molecule has 0 spiro atoms. The Hall–Kier alpha value is -2.40. The number of nitrogens with two attached hydrogens (primary N) is 1. The van der Waals surface area contributed by atoms with E-state index < -0.39 is 61.3 Å². The number of ether oxygens (including phenoxy) is 5. The molecule has 1 fully saturated rings. The van der Waals surface area contributed by atoms with Crippen molar-refractivity contribution in [3.63, 3.8) is 0 Å². The average Bonchev–Trinajstić information content (AvgIpc) is 2.42. The maximum absolute atomic E-state index is 11.4. The molecule has 0 saturated carbocycles. The van der Waals surface area contributed by atoms with Gasteiger partial charge >= 0.3 is 24.0 Å². The number of hydrogen-bond donors (Lipinski definition) is 2. The first-order chi connectivity index (χ1) is 11.1. The Morgan fingerprint density at radius 3 is 1.79 bits per heavy atom. The number of carbonyl (C=O) groups excluding carboxylic acids is 4. The number of aliphatic hydroxyl groups excluding tert-OH is 1. The molecule has 1 amide bonds. The molecular formula is C13H19NO10. The Balaban J connectivity index is 3.23. The molecule has 0 radical (unpaired) electrons. The summed E-state index contributed by atoms with van der Waals surface area (Å²) in [6, 6.07) is 0. The van der Waals surface area contributed by atoms with E-state index in [1.165, 1.54) is 0 Å². The minimum Gasteiger partial charge on any atom is -0.454 e. The third-order valence-electron chi connectivity index (χ3n) is 2.91. The van der Waals surface area contributed by atoms with Crippen molar-refractivity contribution in [2.24, 2.45) is 5.73 Å². The molecule has 136 valence electrons. The quantitative estimate of drug-likeness (QED) is 0.446. The van der Waals surface area contributed by atoms with Crippen LogP contribution in [-0.4, -0.2) is 66.4 Å². The van der Waals surface area contributed by atoms with E-state index in [2.05, 4.69) is 0 Å². The van der Waals surface area contributed by atoms with Gasteiger partial charge in [0.25, 0.3) is 0 Å². The zero-order chi connectivity index (χ0) is 18.4. The van der Waals surface area contributed by atoms with Crippen molar-refractivity contribution in [1.82, 2.24) is 0 Å². The van der Waals surface area contributed by atoms with Crippen LogP contribution in [0.5, 0.6) is 0 Å². The molecule has 3 N–H and O–H groups in total. The second kappa shape index (κ2) is 8.45. The molecular weight excluding hydrogens is 330 g/mol. The Morgan fingerprint density at radius 1 is 0.875 bits per heavy atom. The summed E-state index contributed by atoms with van der Waals surface area (Å²) in [5.41, 5.74) is 4.96. The predicted octanol–water partition coefficient (Wildman–Crippen LogP) is -1.41. The maximum Gasteiger partial charge on any atom is 0.405 e. The van der Waals surface area contributed by atoms with Gasteiger partial charge < -0.3 is 34.5 Å². The molecule has 0 aliphatic carbocycles. The number of esters is 3. The van der Waals surface area contributed by atoms with Crippen LogP contribution in [0.2, 0.25) is 0 Å². The lowest BCUT2D eigenvalue weighted by Crippen LogP contribution is -2.63. The van der Waals surface area contributed by atoms with Gasteiger partial charge in [-0.15, -0.1) is 0 Å². The van der Waals surface area contributed by atoms with Gasteiger partial charge in [0.15, 0.2) is 12.2 Å². The molecule has 0 bridgehead atoms. The zero-order valence-electron chi connectivity index (χ0n) is 13.3. The minimum atomic E-state index is -1.49. The van der Waals surface area contributed by atoms with Gasteiger partial charge in [0.05, 0.1) is 6.61 Å². The third kappa shape index (κ3) is 5.35. The van der Waals surface area contributed by atoms with Crippen molar-refractivity contribution in [3.05, 3.63) is 0 Å². The molecule has 0 aromatic rings. The van der Waals surface area contributed by atoms with Crippen LogP contribution in [-0.2, 0) is 38.1 Å². The summed E-state index contributed by atoms with van der Waals surface area (Å²) >= 11 is 0. The molecule has 0 aromatic heterocycles. The van der Waals surface area contributed by atoms with Crippen LogP contribution in [0.25, 0.3) is 0 Å². The van der Waals surface area contributed by atoms with Crippen molar-refractivity contribution < 1.29 is 48.0 Å². The van der Waals surface area contributed by atoms with E-state index in [-0.39, 0.29) is 0 Å². The zero-order valence-corrected chi connectivity index (χ0v) is 13.3. The molecule has 1 saturated heterocycles. The fourth-order valence-electron chi connectivity index (χ4n) is 2.20. The molecule has 11 heteroatoms. The van der Waals surface area contributed by atoms with Crippen LogP contribution >= 0.6 is 0 Å². The monoisotopic (exact) mass is 349 g/mol. The molecule has 5 atom stereocenters. The first kappa shape index (κ1) is 19.6. The number of aliphatic hydroxyl groups is 1. The Bertz CT molecular complexity index is 507. The molecule has 1 heterocycles. The van der Waals surface area contributed by atoms with Crippen LogP contribution in [0.1, 0.15) is 20.8 Å².